The third kappa shape index (κ3) is 11.7. The van der Waals surface area contributed by atoms with Crippen LogP contribution < -0.4 is 0 Å². The fraction of sp³-hybridized carbons (Fsp3) is 0.250. The van der Waals surface area contributed by atoms with Crippen molar-refractivity contribution in [3.05, 3.63) is 203 Å². The van der Waals surface area contributed by atoms with Gasteiger partial charge in [-0.1, -0.05) is 170 Å². The second kappa shape index (κ2) is 19.4. The van der Waals surface area contributed by atoms with E-state index in [4.69, 9.17) is 0 Å². The molecule has 50 heavy (non-hydrogen) atoms. The minimum absolute atomic E-state index is 1.06. The summed E-state index contributed by atoms with van der Waals surface area (Å²) in [6.45, 7) is 6.47. The topological polar surface area (TPSA) is 6.48 Å². The quantitative estimate of drug-likeness (QED) is 0.0856. The van der Waals surface area contributed by atoms with E-state index in [9.17, 15) is 0 Å². The highest BCUT2D eigenvalue weighted by Crippen LogP contribution is 2.21. The van der Waals surface area contributed by atoms with E-state index in [1.165, 1.54) is 44.5 Å². The summed E-state index contributed by atoms with van der Waals surface area (Å²) in [5.74, 6) is 0. The standard InChI is InChI=1S/C48H52N2/c1-5-13-41(14-6-1)29-35-49(36-30-42-15-7-2-8-16-42)39-33-45-21-25-47(26-22-45)48-27-23-46(24-28-48)34-40-50(37-31-43-17-9-3-10-18-43)38-32-44-19-11-4-12-20-44/h1-28H,29-40H2. The van der Waals surface area contributed by atoms with Gasteiger partial charge < -0.3 is 9.80 Å². The van der Waals surface area contributed by atoms with Crippen molar-refractivity contribution in [3.63, 3.8) is 0 Å². The maximum Gasteiger partial charge on any atom is 0.00221 e. The first-order valence-corrected chi connectivity index (χ1v) is 18.6. The van der Waals surface area contributed by atoms with E-state index < -0.39 is 0 Å². The monoisotopic (exact) mass is 656 g/mol. The summed E-state index contributed by atoms with van der Waals surface area (Å²) in [5, 5.41) is 0. The highest BCUT2D eigenvalue weighted by atomic mass is 15.1. The van der Waals surface area contributed by atoms with Crippen LogP contribution in [0.3, 0.4) is 0 Å². The molecule has 0 saturated carbocycles. The first-order valence-electron chi connectivity index (χ1n) is 18.6. The van der Waals surface area contributed by atoms with Gasteiger partial charge in [0.05, 0.1) is 0 Å². The Hall–Kier alpha value is -4.76. The number of hydrogen-bond donors (Lipinski definition) is 0. The molecule has 254 valence electrons. The molecule has 0 N–H and O–H groups in total. The molecule has 0 unspecified atom stereocenters. The highest BCUT2D eigenvalue weighted by molar-refractivity contribution is 5.64. The normalized spacial score (nSPS) is 11.3. The molecule has 0 spiro atoms. The summed E-state index contributed by atoms with van der Waals surface area (Å²) >= 11 is 0. The van der Waals surface area contributed by atoms with Gasteiger partial charge >= 0.3 is 0 Å². The molecule has 2 heteroatoms. The lowest BCUT2D eigenvalue weighted by atomic mass is 10.0. The SMILES string of the molecule is c1ccc(CCN(CCc2ccccc2)CCc2ccc(-c3ccc(CCN(CCc4ccccc4)CCc4ccccc4)cc3)cc2)cc1. The fourth-order valence-corrected chi connectivity index (χ4v) is 6.70. The van der Waals surface area contributed by atoms with E-state index in [0.717, 1.165) is 77.8 Å². The van der Waals surface area contributed by atoms with Crippen LogP contribution in [0.4, 0.5) is 0 Å². The maximum atomic E-state index is 2.64. The Morgan fingerprint density at radius 3 is 0.640 bits per heavy atom. The second-order valence-electron chi connectivity index (χ2n) is 13.5. The van der Waals surface area contributed by atoms with Crippen molar-refractivity contribution >= 4 is 0 Å². The molecule has 0 aliphatic heterocycles. The lowest BCUT2D eigenvalue weighted by Gasteiger charge is -2.23. The third-order valence-electron chi connectivity index (χ3n) is 9.91. The molecule has 0 bridgehead atoms. The summed E-state index contributed by atoms with van der Waals surface area (Å²) in [5.41, 5.74) is 11.0. The molecule has 0 fully saturated rings. The van der Waals surface area contributed by atoms with Gasteiger partial charge in [-0.25, -0.2) is 0 Å². The molecule has 6 rings (SSSR count). The maximum absolute atomic E-state index is 2.64. The van der Waals surface area contributed by atoms with E-state index in [-0.39, 0.29) is 0 Å². The van der Waals surface area contributed by atoms with Gasteiger partial charge in [-0.2, -0.15) is 0 Å². The van der Waals surface area contributed by atoms with E-state index in [1.807, 2.05) is 0 Å². The number of nitrogens with zero attached hydrogens (tertiary/aromatic N) is 2. The van der Waals surface area contributed by atoms with Crippen molar-refractivity contribution in [2.75, 3.05) is 39.3 Å². The molecule has 6 aromatic carbocycles. The van der Waals surface area contributed by atoms with Crippen LogP contribution in [0.25, 0.3) is 11.1 Å². The van der Waals surface area contributed by atoms with Gasteiger partial charge in [0, 0.05) is 39.3 Å². The van der Waals surface area contributed by atoms with Gasteiger partial charge in [-0.05, 0) is 83.0 Å². The van der Waals surface area contributed by atoms with Gasteiger partial charge in [0.1, 0.15) is 0 Å². The van der Waals surface area contributed by atoms with Crippen LogP contribution in [0.1, 0.15) is 33.4 Å². The molecule has 0 amide bonds. The predicted molar refractivity (Wildman–Crippen MR) is 213 cm³/mol. The summed E-state index contributed by atoms with van der Waals surface area (Å²) < 4.78 is 0. The zero-order chi connectivity index (χ0) is 34.1. The zero-order valence-electron chi connectivity index (χ0n) is 29.5. The average molecular weight is 657 g/mol. The van der Waals surface area contributed by atoms with Crippen molar-refractivity contribution in [2.45, 2.75) is 38.5 Å². The van der Waals surface area contributed by atoms with Crippen LogP contribution in [0.2, 0.25) is 0 Å². The Balaban J connectivity index is 1.01. The van der Waals surface area contributed by atoms with Gasteiger partial charge in [-0.15, -0.1) is 0 Å². The van der Waals surface area contributed by atoms with Gasteiger partial charge in [0.25, 0.3) is 0 Å². The molecule has 6 aromatic rings. The van der Waals surface area contributed by atoms with Crippen molar-refractivity contribution in [1.29, 1.82) is 0 Å². The number of rotatable bonds is 19. The van der Waals surface area contributed by atoms with Crippen LogP contribution >= 0.6 is 0 Å². The Kier molecular flexibility index (Phi) is 13.6. The van der Waals surface area contributed by atoms with E-state index in [0.29, 0.717) is 0 Å². The molecule has 0 heterocycles. The van der Waals surface area contributed by atoms with Gasteiger partial charge in [0.15, 0.2) is 0 Å². The molecule has 0 aliphatic carbocycles. The van der Waals surface area contributed by atoms with Crippen LogP contribution in [0.15, 0.2) is 170 Å². The molecule has 0 aromatic heterocycles. The Morgan fingerprint density at radius 2 is 0.420 bits per heavy atom. The predicted octanol–water partition coefficient (Wildman–Crippen LogP) is 10.0. The van der Waals surface area contributed by atoms with Crippen LogP contribution in [-0.2, 0) is 38.5 Å². The molecule has 0 saturated heterocycles. The third-order valence-corrected chi connectivity index (χ3v) is 9.91. The summed E-state index contributed by atoms with van der Waals surface area (Å²) in [6.07, 6.45) is 6.48. The Bertz CT molecular complexity index is 1540. The van der Waals surface area contributed by atoms with Crippen LogP contribution in [0, 0.1) is 0 Å². The molecule has 0 aliphatic rings. The molecular formula is C48H52N2. The smallest absolute Gasteiger partial charge is 0.00221 e. The first kappa shape index (κ1) is 35.1. The van der Waals surface area contributed by atoms with E-state index in [1.54, 1.807) is 0 Å². The van der Waals surface area contributed by atoms with Crippen molar-refractivity contribution in [1.82, 2.24) is 9.80 Å². The van der Waals surface area contributed by atoms with Crippen molar-refractivity contribution < 1.29 is 0 Å². The largest absolute Gasteiger partial charge is 0.302 e. The van der Waals surface area contributed by atoms with Crippen LogP contribution in [-0.4, -0.2) is 49.1 Å². The Labute approximate surface area is 301 Å². The lowest BCUT2D eigenvalue weighted by Crippen LogP contribution is -2.30. The second-order valence-corrected chi connectivity index (χ2v) is 13.5. The number of benzene rings is 6. The van der Waals surface area contributed by atoms with Crippen molar-refractivity contribution in [2.24, 2.45) is 0 Å². The van der Waals surface area contributed by atoms with Gasteiger partial charge in [0.2, 0.25) is 0 Å². The van der Waals surface area contributed by atoms with Gasteiger partial charge in [-0.3, -0.25) is 0 Å². The number of hydrogen-bond acceptors (Lipinski definition) is 2. The zero-order valence-corrected chi connectivity index (χ0v) is 29.5. The first-order chi connectivity index (χ1) is 24.8. The molecule has 0 radical (unpaired) electrons. The average Bonchev–Trinajstić information content (AvgIpc) is 3.19. The highest BCUT2D eigenvalue weighted by Gasteiger charge is 2.09. The van der Waals surface area contributed by atoms with Crippen LogP contribution in [0.5, 0.6) is 0 Å². The van der Waals surface area contributed by atoms with E-state index in [2.05, 4.69) is 180 Å². The molecule has 0 atom stereocenters. The van der Waals surface area contributed by atoms with E-state index >= 15 is 0 Å². The molecular weight excluding hydrogens is 605 g/mol. The Morgan fingerprint density at radius 1 is 0.220 bits per heavy atom. The minimum atomic E-state index is 1.06. The molecule has 2 nitrogen and oxygen atoms in total. The lowest BCUT2D eigenvalue weighted by molar-refractivity contribution is 0.284. The summed E-state index contributed by atoms with van der Waals surface area (Å²) in [7, 11) is 0. The minimum Gasteiger partial charge on any atom is -0.302 e. The summed E-state index contributed by atoms with van der Waals surface area (Å²) in [4.78, 5) is 5.27. The summed E-state index contributed by atoms with van der Waals surface area (Å²) in [6, 6.07) is 62.1. The van der Waals surface area contributed by atoms with Crippen molar-refractivity contribution in [3.8, 4) is 11.1 Å². The fourth-order valence-electron chi connectivity index (χ4n) is 6.70.